The predicted molar refractivity (Wildman–Crippen MR) is 80.1 cm³/mol. The largest absolute Gasteiger partial charge is 0.486 e. The Balaban J connectivity index is 1.77. The van der Waals surface area contributed by atoms with E-state index in [-0.39, 0.29) is 0 Å². The van der Waals surface area contributed by atoms with Crippen LogP contribution in [-0.4, -0.2) is 30.7 Å². The van der Waals surface area contributed by atoms with E-state index in [4.69, 9.17) is 15.2 Å². The summed E-state index contributed by atoms with van der Waals surface area (Å²) in [6, 6.07) is 4.57. The van der Waals surface area contributed by atoms with E-state index in [2.05, 4.69) is 24.8 Å². The minimum Gasteiger partial charge on any atom is -0.486 e. The molecule has 2 atom stereocenters. The van der Waals surface area contributed by atoms with Crippen LogP contribution in [0.1, 0.15) is 32.3 Å². The summed E-state index contributed by atoms with van der Waals surface area (Å²) in [5, 5.41) is 0. The first-order valence-electron chi connectivity index (χ1n) is 7.55. The highest BCUT2D eigenvalue weighted by Crippen LogP contribution is 2.35. The number of ether oxygens (including phenoxy) is 2. The molecule has 0 radical (unpaired) electrons. The fourth-order valence-corrected chi connectivity index (χ4v) is 3.19. The van der Waals surface area contributed by atoms with Crippen molar-refractivity contribution in [1.29, 1.82) is 0 Å². The van der Waals surface area contributed by atoms with Gasteiger partial charge in [0.25, 0.3) is 0 Å². The average Bonchev–Trinajstić information content (AvgIpc) is 2.42. The van der Waals surface area contributed by atoms with E-state index in [9.17, 15) is 0 Å². The molecule has 2 heterocycles. The molecule has 0 aliphatic carbocycles. The number of piperidine rings is 1. The lowest BCUT2D eigenvalue weighted by atomic mass is 9.93. The second kappa shape index (κ2) is 5.52. The second-order valence-electron chi connectivity index (χ2n) is 6.14. The van der Waals surface area contributed by atoms with Crippen molar-refractivity contribution in [3.05, 3.63) is 17.7 Å². The van der Waals surface area contributed by atoms with Crippen molar-refractivity contribution < 1.29 is 9.47 Å². The highest BCUT2D eigenvalue weighted by Gasteiger charge is 2.24. The zero-order chi connectivity index (χ0) is 14.1. The van der Waals surface area contributed by atoms with Gasteiger partial charge < -0.3 is 15.2 Å². The van der Waals surface area contributed by atoms with Crippen LogP contribution in [0.2, 0.25) is 0 Å². The third kappa shape index (κ3) is 2.70. The summed E-state index contributed by atoms with van der Waals surface area (Å²) in [4.78, 5) is 2.52. The Kier molecular flexibility index (Phi) is 3.74. The average molecular weight is 276 g/mol. The molecule has 2 aliphatic heterocycles. The summed E-state index contributed by atoms with van der Waals surface area (Å²) >= 11 is 0. The molecule has 3 rings (SSSR count). The summed E-state index contributed by atoms with van der Waals surface area (Å²) in [7, 11) is 0. The summed E-state index contributed by atoms with van der Waals surface area (Å²) < 4.78 is 11.2. The van der Waals surface area contributed by atoms with Crippen LogP contribution in [0.15, 0.2) is 12.1 Å². The number of anilines is 1. The Morgan fingerprint density at radius 3 is 2.60 bits per heavy atom. The Morgan fingerprint density at radius 1 is 1.20 bits per heavy atom. The quantitative estimate of drug-likeness (QED) is 0.844. The lowest BCUT2D eigenvalue weighted by molar-refractivity contribution is 0.122. The molecular weight excluding hydrogens is 252 g/mol. The monoisotopic (exact) mass is 276 g/mol. The van der Waals surface area contributed by atoms with Gasteiger partial charge in [0.2, 0.25) is 0 Å². The molecule has 2 aliphatic rings. The first kappa shape index (κ1) is 13.6. The summed E-state index contributed by atoms with van der Waals surface area (Å²) in [6.07, 6.45) is 2.54. The van der Waals surface area contributed by atoms with Crippen LogP contribution in [0.3, 0.4) is 0 Å². The van der Waals surface area contributed by atoms with Crippen molar-refractivity contribution in [2.24, 2.45) is 5.92 Å². The maximum absolute atomic E-state index is 6.17. The summed E-state index contributed by atoms with van der Waals surface area (Å²) in [5.74, 6) is 2.44. The van der Waals surface area contributed by atoms with Crippen molar-refractivity contribution in [2.75, 3.05) is 25.5 Å². The van der Waals surface area contributed by atoms with Gasteiger partial charge in [-0.05, 0) is 43.9 Å². The van der Waals surface area contributed by atoms with Gasteiger partial charge >= 0.3 is 0 Å². The summed E-state index contributed by atoms with van der Waals surface area (Å²) in [6.45, 7) is 7.92. The SMILES string of the molecule is CC1CCN(Cc2cc3c(cc2N)OCCO3)C(C)C1. The molecule has 0 amide bonds. The number of hydrogen-bond acceptors (Lipinski definition) is 4. The molecule has 2 N–H and O–H groups in total. The Morgan fingerprint density at radius 2 is 1.90 bits per heavy atom. The summed E-state index contributed by atoms with van der Waals surface area (Å²) in [5.41, 5.74) is 8.13. The molecule has 0 spiro atoms. The molecule has 0 saturated carbocycles. The van der Waals surface area contributed by atoms with Crippen LogP contribution in [0.5, 0.6) is 11.5 Å². The molecular formula is C16H24N2O2. The number of nitrogens with zero attached hydrogens (tertiary/aromatic N) is 1. The van der Waals surface area contributed by atoms with Gasteiger partial charge in [-0.25, -0.2) is 0 Å². The van der Waals surface area contributed by atoms with Gasteiger partial charge in [-0.15, -0.1) is 0 Å². The first-order valence-corrected chi connectivity index (χ1v) is 7.55. The van der Waals surface area contributed by atoms with Crippen LogP contribution in [0.4, 0.5) is 5.69 Å². The Bertz CT molecular complexity index is 490. The van der Waals surface area contributed by atoms with Gasteiger partial charge in [0.15, 0.2) is 11.5 Å². The smallest absolute Gasteiger partial charge is 0.163 e. The zero-order valence-corrected chi connectivity index (χ0v) is 12.4. The van der Waals surface area contributed by atoms with E-state index in [0.29, 0.717) is 19.3 Å². The van der Waals surface area contributed by atoms with Crippen molar-refractivity contribution >= 4 is 5.69 Å². The van der Waals surface area contributed by atoms with E-state index in [0.717, 1.165) is 41.8 Å². The molecule has 1 fully saturated rings. The maximum atomic E-state index is 6.17. The highest BCUT2D eigenvalue weighted by molar-refractivity contribution is 5.58. The van der Waals surface area contributed by atoms with Crippen molar-refractivity contribution in [1.82, 2.24) is 4.90 Å². The van der Waals surface area contributed by atoms with Crippen molar-refractivity contribution in [3.8, 4) is 11.5 Å². The van der Waals surface area contributed by atoms with Gasteiger partial charge in [0, 0.05) is 24.3 Å². The topological polar surface area (TPSA) is 47.7 Å². The van der Waals surface area contributed by atoms with Crippen LogP contribution in [0, 0.1) is 5.92 Å². The molecule has 2 unspecified atom stereocenters. The highest BCUT2D eigenvalue weighted by atomic mass is 16.6. The van der Waals surface area contributed by atoms with E-state index < -0.39 is 0 Å². The minimum atomic E-state index is 0.604. The Hall–Kier alpha value is -1.42. The lowest BCUT2D eigenvalue weighted by Gasteiger charge is -2.36. The first-order chi connectivity index (χ1) is 9.63. The standard InChI is InChI=1S/C16H24N2O2/c1-11-3-4-18(12(2)7-11)10-13-8-15-16(9-14(13)17)20-6-5-19-15/h8-9,11-12H,3-7,10,17H2,1-2H3. The number of hydrogen-bond donors (Lipinski definition) is 1. The van der Waals surface area contributed by atoms with Crippen LogP contribution in [-0.2, 0) is 6.54 Å². The van der Waals surface area contributed by atoms with Crippen molar-refractivity contribution in [2.45, 2.75) is 39.3 Å². The molecule has 0 aromatic heterocycles. The fourth-order valence-electron chi connectivity index (χ4n) is 3.19. The number of likely N-dealkylation sites (tertiary alicyclic amines) is 1. The molecule has 1 aromatic carbocycles. The number of fused-ring (bicyclic) bond motifs is 1. The van der Waals surface area contributed by atoms with E-state index in [1.165, 1.54) is 12.8 Å². The zero-order valence-electron chi connectivity index (χ0n) is 12.4. The molecule has 1 saturated heterocycles. The second-order valence-corrected chi connectivity index (χ2v) is 6.14. The normalized spacial score (nSPS) is 26.5. The maximum Gasteiger partial charge on any atom is 0.163 e. The van der Waals surface area contributed by atoms with Gasteiger partial charge in [-0.2, -0.15) is 0 Å². The number of rotatable bonds is 2. The van der Waals surface area contributed by atoms with Gasteiger partial charge in [0.05, 0.1) is 0 Å². The fraction of sp³-hybridized carbons (Fsp3) is 0.625. The number of nitrogens with two attached hydrogens (primary N) is 1. The number of nitrogen functional groups attached to an aromatic ring is 1. The molecule has 20 heavy (non-hydrogen) atoms. The van der Waals surface area contributed by atoms with E-state index in [1.807, 2.05) is 6.07 Å². The third-order valence-corrected chi connectivity index (χ3v) is 4.45. The predicted octanol–water partition coefficient (Wildman–Crippen LogP) is 2.66. The van der Waals surface area contributed by atoms with Gasteiger partial charge in [-0.1, -0.05) is 6.92 Å². The molecule has 1 aromatic rings. The minimum absolute atomic E-state index is 0.604. The van der Waals surface area contributed by atoms with Crippen LogP contribution in [0.25, 0.3) is 0 Å². The molecule has 4 nitrogen and oxygen atoms in total. The van der Waals surface area contributed by atoms with E-state index in [1.54, 1.807) is 0 Å². The van der Waals surface area contributed by atoms with Crippen molar-refractivity contribution in [3.63, 3.8) is 0 Å². The lowest BCUT2D eigenvalue weighted by Crippen LogP contribution is -2.39. The Labute approximate surface area is 120 Å². The van der Waals surface area contributed by atoms with Gasteiger partial charge in [0.1, 0.15) is 13.2 Å². The van der Waals surface area contributed by atoms with Gasteiger partial charge in [-0.3, -0.25) is 4.90 Å². The van der Waals surface area contributed by atoms with Crippen LogP contribution >= 0.6 is 0 Å². The third-order valence-electron chi connectivity index (χ3n) is 4.45. The number of benzene rings is 1. The molecule has 110 valence electrons. The van der Waals surface area contributed by atoms with Crippen LogP contribution < -0.4 is 15.2 Å². The molecule has 4 heteroatoms. The van der Waals surface area contributed by atoms with E-state index >= 15 is 0 Å². The molecule has 0 bridgehead atoms.